The molecule has 0 atom stereocenters. The Morgan fingerprint density at radius 3 is 2.91 bits per heavy atom. The molecule has 0 radical (unpaired) electrons. The van der Waals surface area contributed by atoms with E-state index in [2.05, 4.69) is 37.8 Å². The fourth-order valence-corrected chi connectivity index (χ4v) is 3.13. The van der Waals surface area contributed by atoms with Gasteiger partial charge in [0.25, 0.3) is 0 Å². The average molecular weight is 340 g/mol. The molecule has 1 aliphatic heterocycles. The topological polar surface area (TPSA) is 61.8 Å². The van der Waals surface area contributed by atoms with E-state index in [1.165, 1.54) is 0 Å². The van der Waals surface area contributed by atoms with Crippen molar-refractivity contribution in [3.63, 3.8) is 0 Å². The Bertz CT molecular complexity index is 471. The quantitative estimate of drug-likeness (QED) is 0.424. The van der Waals surface area contributed by atoms with Gasteiger partial charge in [-0.3, -0.25) is 9.89 Å². The van der Waals surface area contributed by atoms with Gasteiger partial charge in [0, 0.05) is 51.1 Å². The highest BCUT2D eigenvalue weighted by atomic mass is 32.1. The molecule has 0 saturated carbocycles. The standard InChI is InChI=1S/C16H29N5OS/c1-3-17-16(19-7-5-15-13-23-14(2)20-15)18-6-4-8-21-9-11-22-12-10-21/h13H,3-12H2,1-2H3,(H2,17,18,19). The molecule has 1 saturated heterocycles. The summed E-state index contributed by atoms with van der Waals surface area (Å²) >= 11 is 1.71. The van der Waals surface area contributed by atoms with Crippen LogP contribution in [0.25, 0.3) is 0 Å². The van der Waals surface area contributed by atoms with Crippen LogP contribution < -0.4 is 10.6 Å². The van der Waals surface area contributed by atoms with E-state index in [0.29, 0.717) is 0 Å². The van der Waals surface area contributed by atoms with E-state index < -0.39 is 0 Å². The molecule has 2 rings (SSSR count). The number of hydrogen-bond donors (Lipinski definition) is 2. The summed E-state index contributed by atoms with van der Waals surface area (Å²) in [6, 6.07) is 0. The van der Waals surface area contributed by atoms with E-state index in [9.17, 15) is 0 Å². The molecule has 1 fully saturated rings. The molecule has 0 aromatic carbocycles. The summed E-state index contributed by atoms with van der Waals surface area (Å²) in [5.41, 5.74) is 1.16. The number of morpholine rings is 1. The van der Waals surface area contributed by atoms with Gasteiger partial charge in [0.05, 0.1) is 23.9 Å². The second-order valence-corrected chi connectivity index (χ2v) is 6.67. The normalized spacial score (nSPS) is 16.5. The minimum absolute atomic E-state index is 0.850. The molecule has 0 bridgehead atoms. The van der Waals surface area contributed by atoms with Crippen molar-refractivity contribution in [2.24, 2.45) is 4.99 Å². The van der Waals surface area contributed by atoms with Crippen molar-refractivity contribution in [2.45, 2.75) is 26.7 Å². The molecule has 23 heavy (non-hydrogen) atoms. The van der Waals surface area contributed by atoms with Gasteiger partial charge in [0.15, 0.2) is 5.96 Å². The van der Waals surface area contributed by atoms with Gasteiger partial charge in [-0.15, -0.1) is 11.3 Å². The van der Waals surface area contributed by atoms with Crippen molar-refractivity contribution in [2.75, 3.05) is 52.5 Å². The van der Waals surface area contributed by atoms with Gasteiger partial charge in [-0.2, -0.15) is 0 Å². The predicted octanol–water partition coefficient (Wildman–Crippen LogP) is 1.27. The number of nitrogens with zero attached hydrogens (tertiary/aromatic N) is 3. The van der Waals surface area contributed by atoms with Crippen molar-refractivity contribution in [3.05, 3.63) is 16.1 Å². The highest BCUT2D eigenvalue weighted by Gasteiger charge is 2.09. The maximum atomic E-state index is 5.36. The van der Waals surface area contributed by atoms with E-state index >= 15 is 0 Å². The predicted molar refractivity (Wildman–Crippen MR) is 96.4 cm³/mol. The van der Waals surface area contributed by atoms with Crippen LogP contribution in [0.2, 0.25) is 0 Å². The van der Waals surface area contributed by atoms with Crippen LogP contribution in [0.4, 0.5) is 0 Å². The summed E-state index contributed by atoms with van der Waals surface area (Å²) in [5.74, 6) is 0.904. The molecule has 0 aliphatic carbocycles. The van der Waals surface area contributed by atoms with Crippen LogP contribution in [0.5, 0.6) is 0 Å². The van der Waals surface area contributed by atoms with Gasteiger partial charge in [0.2, 0.25) is 0 Å². The fourth-order valence-electron chi connectivity index (χ4n) is 2.48. The van der Waals surface area contributed by atoms with Crippen LogP contribution in [0.15, 0.2) is 10.4 Å². The monoisotopic (exact) mass is 339 g/mol. The molecule has 1 aromatic heterocycles. The Morgan fingerprint density at radius 2 is 2.22 bits per heavy atom. The largest absolute Gasteiger partial charge is 0.379 e. The van der Waals surface area contributed by atoms with E-state index in [1.54, 1.807) is 11.3 Å². The van der Waals surface area contributed by atoms with Crippen molar-refractivity contribution in [1.29, 1.82) is 0 Å². The van der Waals surface area contributed by atoms with Gasteiger partial charge in [-0.1, -0.05) is 0 Å². The zero-order valence-electron chi connectivity index (χ0n) is 14.3. The lowest BCUT2D eigenvalue weighted by Gasteiger charge is -2.26. The number of hydrogen-bond acceptors (Lipinski definition) is 5. The Morgan fingerprint density at radius 1 is 1.39 bits per heavy atom. The van der Waals surface area contributed by atoms with Crippen LogP contribution in [0.1, 0.15) is 24.0 Å². The molecule has 0 amide bonds. The Kier molecular flexibility index (Phi) is 8.35. The number of aromatic nitrogens is 1. The van der Waals surface area contributed by atoms with Gasteiger partial charge in [0.1, 0.15) is 0 Å². The van der Waals surface area contributed by atoms with Crippen LogP contribution >= 0.6 is 11.3 Å². The summed E-state index contributed by atoms with van der Waals surface area (Å²) in [7, 11) is 0. The number of ether oxygens (including phenoxy) is 1. The summed E-state index contributed by atoms with van der Waals surface area (Å²) < 4.78 is 5.36. The van der Waals surface area contributed by atoms with Gasteiger partial charge in [-0.05, 0) is 20.3 Å². The van der Waals surface area contributed by atoms with E-state index in [4.69, 9.17) is 4.74 Å². The smallest absolute Gasteiger partial charge is 0.191 e. The zero-order valence-corrected chi connectivity index (χ0v) is 15.1. The molecule has 2 heterocycles. The lowest BCUT2D eigenvalue weighted by molar-refractivity contribution is 0.0377. The van der Waals surface area contributed by atoms with Crippen molar-refractivity contribution in [3.8, 4) is 0 Å². The number of nitrogens with one attached hydrogen (secondary N) is 2. The van der Waals surface area contributed by atoms with Gasteiger partial charge >= 0.3 is 0 Å². The lowest BCUT2D eigenvalue weighted by Crippen LogP contribution is -2.39. The number of thiazole rings is 1. The number of rotatable bonds is 8. The van der Waals surface area contributed by atoms with E-state index in [0.717, 1.165) is 82.0 Å². The SMILES string of the molecule is CCNC(=NCCCN1CCOCC1)NCCc1csc(C)n1. The van der Waals surface area contributed by atoms with Crippen LogP contribution in [-0.2, 0) is 11.2 Å². The first kappa shape index (κ1) is 18.2. The average Bonchev–Trinajstić information content (AvgIpc) is 2.98. The molecular weight excluding hydrogens is 310 g/mol. The minimum atomic E-state index is 0.850. The Hall–Kier alpha value is -1.18. The third kappa shape index (κ3) is 7.28. The van der Waals surface area contributed by atoms with E-state index in [-0.39, 0.29) is 0 Å². The third-order valence-corrected chi connectivity index (χ3v) is 4.51. The number of aliphatic imine (C=N–C) groups is 1. The van der Waals surface area contributed by atoms with Gasteiger partial charge in [-0.25, -0.2) is 4.98 Å². The summed E-state index contributed by atoms with van der Waals surface area (Å²) in [4.78, 5) is 11.6. The molecule has 7 heteroatoms. The first-order chi connectivity index (χ1) is 11.3. The molecular formula is C16H29N5OS. The molecule has 2 N–H and O–H groups in total. The molecule has 0 spiro atoms. The zero-order chi connectivity index (χ0) is 16.3. The lowest BCUT2D eigenvalue weighted by atomic mass is 10.3. The first-order valence-electron chi connectivity index (χ1n) is 8.51. The minimum Gasteiger partial charge on any atom is -0.379 e. The summed E-state index contributed by atoms with van der Waals surface area (Å²) in [6.45, 7) is 11.7. The second kappa shape index (κ2) is 10.6. The van der Waals surface area contributed by atoms with Gasteiger partial charge < -0.3 is 15.4 Å². The Balaban J connectivity index is 1.64. The summed E-state index contributed by atoms with van der Waals surface area (Å²) in [6.07, 6.45) is 2.02. The fraction of sp³-hybridized carbons (Fsp3) is 0.750. The van der Waals surface area contributed by atoms with Crippen molar-refractivity contribution < 1.29 is 4.74 Å². The van der Waals surface area contributed by atoms with Crippen LogP contribution in [-0.4, -0.2) is 68.3 Å². The van der Waals surface area contributed by atoms with Crippen molar-refractivity contribution >= 4 is 17.3 Å². The molecule has 1 aliphatic rings. The Labute approximate surface area is 143 Å². The first-order valence-corrected chi connectivity index (χ1v) is 9.39. The highest BCUT2D eigenvalue weighted by molar-refractivity contribution is 7.09. The highest BCUT2D eigenvalue weighted by Crippen LogP contribution is 2.07. The maximum Gasteiger partial charge on any atom is 0.191 e. The number of aryl methyl sites for hydroxylation is 1. The van der Waals surface area contributed by atoms with Crippen molar-refractivity contribution in [1.82, 2.24) is 20.5 Å². The molecule has 0 unspecified atom stereocenters. The van der Waals surface area contributed by atoms with Crippen LogP contribution in [0, 0.1) is 6.92 Å². The maximum absolute atomic E-state index is 5.36. The van der Waals surface area contributed by atoms with Crippen LogP contribution in [0.3, 0.4) is 0 Å². The third-order valence-electron chi connectivity index (χ3n) is 3.69. The molecule has 1 aromatic rings. The molecule has 6 nitrogen and oxygen atoms in total. The summed E-state index contributed by atoms with van der Waals surface area (Å²) in [5, 5.41) is 9.94. The second-order valence-electron chi connectivity index (χ2n) is 5.60. The number of guanidine groups is 1. The van der Waals surface area contributed by atoms with E-state index in [1.807, 2.05) is 6.92 Å². The molecule has 130 valence electrons.